The zero-order chi connectivity index (χ0) is 11.1. The fraction of sp³-hybridized carbons (Fsp3) is 0.143. The summed E-state index contributed by atoms with van der Waals surface area (Å²) in [6, 6.07) is 11.9. The first-order valence-electron chi connectivity index (χ1n) is 5.42. The highest BCUT2D eigenvalue weighted by Crippen LogP contribution is 2.02. The normalized spacial score (nSPS) is 10.8. The molecule has 2 heterocycles. The summed E-state index contributed by atoms with van der Waals surface area (Å²) in [5.74, 6) is 0. The molecule has 0 saturated heterocycles. The molecule has 0 amide bonds. The molecule has 0 aliphatic carbocycles. The Morgan fingerprint density at radius 2 is 1.75 bits per heavy atom. The Hall–Kier alpha value is -1.96. The van der Waals surface area contributed by atoms with Crippen LogP contribution in [0.1, 0.15) is 17.8 Å². The molecule has 2 rings (SSSR count). The Balaban J connectivity index is 1.83. The van der Waals surface area contributed by atoms with Gasteiger partial charge in [-0.25, -0.2) is 0 Å². The SMILES string of the molecule is C(=C\c1ccccn1)/CCc1ccccn1. The van der Waals surface area contributed by atoms with Gasteiger partial charge in [-0.05, 0) is 43.2 Å². The molecule has 0 radical (unpaired) electrons. The molecule has 0 aromatic carbocycles. The molecule has 0 aliphatic rings. The van der Waals surface area contributed by atoms with Crippen LogP contribution in [0, 0.1) is 0 Å². The number of aromatic nitrogens is 2. The van der Waals surface area contributed by atoms with Gasteiger partial charge in [0.2, 0.25) is 0 Å². The lowest BCUT2D eigenvalue weighted by molar-refractivity contribution is 0.946. The molecule has 0 aliphatic heterocycles. The first kappa shape index (κ1) is 10.6. The van der Waals surface area contributed by atoms with Crippen molar-refractivity contribution in [2.24, 2.45) is 0 Å². The first-order valence-corrected chi connectivity index (χ1v) is 5.42. The molecule has 0 fully saturated rings. The van der Waals surface area contributed by atoms with Crippen LogP contribution in [0.3, 0.4) is 0 Å². The number of pyridine rings is 2. The highest BCUT2D eigenvalue weighted by atomic mass is 14.7. The van der Waals surface area contributed by atoms with E-state index >= 15 is 0 Å². The summed E-state index contributed by atoms with van der Waals surface area (Å²) in [4.78, 5) is 8.49. The molecular weight excluding hydrogens is 196 g/mol. The molecule has 2 aromatic heterocycles. The van der Waals surface area contributed by atoms with Gasteiger partial charge in [-0.3, -0.25) is 9.97 Å². The lowest BCUT2D eigenvalue weighted by Gasteiger charge is -1.95. The lowest BCUT2D eigenvalue weighted by Crippen LogP contribution is -1.86. The van der Waals surface area contributed by atoms with Gasteiger partial charge in [0.15, 0.2) is 0 Å². The summed E-state index contributed by atoms with van der Waals surface area (Å²) in [6.45, 7) is 0. The van der Waals surface area contributed by atoms with Crippen molar-refractivity contribution >= 4 is 6.08 Å². The van der Waals surface area contributed by atoms with Gasteiger partial charge in [0.05, 0.1) is 5.69 Å². The quantitative estimate of drug-likeness (QED) is 0.774. The molecule has 0 N–H and O–H groups in total. The van der Waals surface area contributed by atoms with Crippen LogP contribution >= 0.6 is 0 Å². The van der Waals surface area contributed by atoms with Crippen molar-refractivity contribution in [2.75, 3.05) is 0 Å². The minimum atomic E-state index is 0.976. The van der Waals surface area contributed by atoms with Crippen LogP contribution in [-0.2, 0) is 6.42 Å². The second-order valence-corrected chi connectivity index (χ2v) is 3.52. The fourth-order valence-electron chi connectivity index (χ4n) is 1.46. The number of aryl methyl sites for hydroxylation is 1. The van der Waals surface area contributed by atoms with Crippen LogP contribution in [0.4, 0.5) is 0 Å². The second kappa shape index (κ2) is 5.81. The first-order chi connectivity index (χ1) is 7.95. The Bertz CT molecular complexity index is 435. The summed E-state index contributed by atoms with van der Waals surface area (Å²) in [5.41, 5.74) is 2.14. The van der Waals surface area contributed by atoms with Crippen LogP contribution in [0.25, 0.3) is 6.08 Å². The van der Waals surface area contributed by atoms with Crippen molar-refractivity contribution in [2.45, 2.75) is 12.8 Å². The van der Waals surface area contributed by atoms with Gasteiger partial charge in [-0.2, -0.15) is 0 Å². The van der Waals surface area contributed by atoms with Gasteiger partial charge in [0, 0.05) is 18.1 Å². The largest absolute Gasteiger partial charge is 0.261 e. The standard InChI is InChI=1S/C14H14N2/c1(7-13-9-3-5-11-15-13)2-8-14-10-4-6-12-16-14/h1,3-7,9-12H,2,8H2/b7-1+. The zero-order valence-electron chi connectivity index (χ0n) is 9.08. The zero-order valence-corrected chi connectivity index (χ0v) is 9.08. The highest BCUT2D eigenvalue weighted by molar-refractivity contribution is 5.43. The van der Waals surface area contributed by atoms with E-state index in [0.29, 0.717) is 0 Å². The van der Waals surface area contributed by atoms with E-state index in [0.717, 1.165) is 24.2 Å². The third-order valence-corrected chi connectivity index (χ3v) is 2.27. The molecule has 16 heavy (non-hydrogen) atoms. The maximum Gasteiger partial charge on any atom is 0.0626 e. The van der Waals surface area contributed by atoms with E-state index < -0.39 is 0 Å². The van der Waals surface area contributed by atoms with E-state index in [-0.39, 0.29) is 0 Å². The molecule has 2 aromatic rings. The summed E-state index contributed by atoms with van der Waals surface area (Å²) in [6.07, 6.45) is 9.79. The molecular formula is C14H14N2. The minimum absolute atomic E-state index is 0.976. The Labute approximate surface area is 95.7 Å². The average Bonchev–Trinajstić information content (AvgIpc) is 2.37. The van der Waals surface area contributed by atoms with Crippen LogP contribution in [-0.4, -0.2) is 9.97 Å². The summed E-state index contributed by atoms with van der Waals surface area (Å²) < 4.78 is 0. The van der Waals surface area contributed by atoms with E-state index in [1.807, 2.05) is 42.6 Å². The van der Waals surface area contributed by atoms with Crippen molar-refractivity contribution in [3.8, 4) is 0 Å². The predicted molar refractivity (Wildman–Crippen MR) is 65.8 cm³/mol. The van der Waals surface area contributed by atoms with Crippen molar-refractivity contribution in [3.05, 3.63) is 66.3 Å². The predicted octanol–water partition coefficient (Wildman–Crippen LogP) is 3.12. The van der Waals surface area contributed by atoms with Crippen molar-refractivity contribution in [1.82, 2.24) is 9.97 Å². The molecule has 0 spiro atoms. The van der Waals surface area contributed by atoms with Crippen LogP contribution in [0.15, 0.2) is 54.9 Å². The molecule has 0 bridgehead atoms. The minimum Gasteiger partial charge on any atom is -0.261 e. The van der Waals surface area contributed by atoms with Crippen LogP contribution in [0.2, 0.25) is 0 Å². The molecule has 2 heteroatoms. The third-order valence-electron chi connectivity index (χ3n) is 2.27. The van der Waals surface area contributed by atoms with Crippen LogP contribution < -0.4 is 0 Å². The number of rotatable bonds is 4. The van der Waals surface area contributed by atoms with Crippen molar-refractivity contribution < 1.29 is 0 Å². The Morgan fingerprint density at radius 1 is 0.938 bits per heavy atom. The Morgan fingerprint density at radius 3 is 2.44 bits per heavy atom. The van der Waals surface area contributed by atoms with E-state index in [9.17, 15) is 0 Å². The maximum atomic E-state index is 4.27. The summed E-state index contributed by atoms with van der Waals surface area (Å²) >= 11 is 0. The number of allylic oxidation sites excluding steroid dienone is 1. The van der Waals surface area contributed by atoms with E-state index in [4.69, 9.17) is 0 Å². The van der Waals surface area contributed by atoms with E-state index in [1.54, 1.807) is 6.20 Å². The van der Waals surface area contributed by atoms with Gasteiger partial charge < -0.3 is 0 Å². The van der Waals surface area contributed by atoms with Gasteiger partial charge >= 0.3 is 0 Å². The van der Waals surface area contributed by atoms with E-state index in [1.165, 1.54) is 0 Å². The Kier molecular flexibility index (Phi) is 3.83. The van der Waals surface area contributed by atoms with Gasteiger partial charge in [0.25, 0.3) is 0 Å². The third kappa shape index (κ3) is 3.31. The molecule has 0 unspecified atom stereocenters. The molecule has 80 valence electrons. The highest BCUT2D eigenvalue weighted by Gasteiger charge is 1.90. The van der Waals surface area contributed by atoms with Gasteiger partial charge in [-0.1, -0.05) is 18.2 Å². The smallest absolute Gasteiger partial charge is 0.0626 e. The topological polar surface area (TPSA) is 25.8 Å². The fourth-order valence-corrected chi connectivity index (χ4v) is 1.46. The molecule has 0 atom stereocenters. The lowest BCUT2D eigenvalue weighted by atomic mass is 10.2. The molecule has 2 nitrogen and oxygen atoms in total. The molecule has 0 saturated carbocycles. The number of hydrogen-bond donors (Lipinski definition) is 0. The monoisotopic (exact) mass is 210 g/mol. The van der Waals surface area contributed by atoms with Crippen LogP contribution in [0.5, 0.6) is 0 Å². The number of hydrogen-bond acceptors (Lipinski definition) is 2. The average molecular weight is 210 g/mol. The van der Waals surface area contributed by atoms with Gasteiger partial charge in [-0.15, -0.1) is 0 Å². The summed E-state index contributed by atoms with van der Waals surface area (Å²) in [7, 11) is 0. The maximum absolute atomic E-state index is 4.27. The van der Waals surface area contributed by atoms with E-state index in [2.05, 4.69) is 22.1 Å². The van der Waals surface area contributed by atoms with Gasteiger partial charge in [0.1, 0.15) is 0 Å². The summed E-state index contributed by atoms with van der Waals surface area (Å²) in [5, 5.41) is 0. The number of nitrogens with zero attached hydrogens (tertiary/aromatic N) is 2. The van der Waals surface area contributed by atoms with Crippen molar-refractivity contribution in [3.63, 3.8) is 0 Å². The van der Waals surface area contributed by atoms with Crippen molar-refractivity contribution in [1.29, 1.82) is 0 Å². The second-order valence-electron chi connectivity index (χ2n) is 3.52.